The predicted molar refractivity (Wildman–Crippen MR) is 84.1 cm³/mol. The Hall–Kier alpha value is -1.53. The number of amides is 1. The second-order valence-electron chi connectivity index (χ2n) is 4.02. The van der Waals surface area contributed by atoms with E-state index in [2.05, 4.69) is 5.32 Å². The van der Waals surface area contributed by atoms with E-state index < -0.39 is 5.76 Å². The van der Waals surface area contributed by atoms with E-state index in [1.807, 2.05) is 30.3 Å². The summed E-state index contributed by atoms with van der Waals surface area (Å²) in [7, 11) is 0. The van der Waals surface area contributed by atoms with Gasteiger partial charge in [0.15, 0.2) is 0 Å². The maximum Gasteiger partial charge on any atom is 0.288 e. The van der Waals surface area contributed by atoms with Crippen LogP contribution in [-0.2, 0) is 4.79 Å². The SMILES string of the molecule is O=C(CSc1ccccc1)Nc1ccccc1SC(F)F. The summed E-state index contributed by atoms with van der Waals surface area (Å²) in [5, 5.41) is 2.67. The largest absolute Gasteiger partial charge is 0.324 e. The second kappa shape index (κ2) is 8.05. The van der Waals surface area contributed by atoms with Gasteiger partial charge in [-0.25, -0.2) is 0 Å². The lowest BCUT2D eigenvalue weighted by Gasteiger charge is -2.10. The van der Waals surface area contributed by atoms with Crippen LogP contribution in [0.25, 0.3) is 0 Å². The number of hydrogen-bond acceptors (Lipinski definition) is 3. The van der Waals surface area contributed by atoms with E-state index >= 15 is 0 Å². The van der Waals surface area contributed by atoms with Crippen molar-refractivity contribution in [1.82, 2.24) is 0 Å². The highest BCUT2D eigenvalue weighted by Crippen LogP contribution is 2.31. The molecule has 0 unspecified atom stereocenters. The van der Waals surface area contributed by atoms with Gasteiger partial charge in [0.1, 0.15) is 0 Å². The molecule has 2 aromatic carbocycles. The maximum absolute atomic E-state index is 12.5. The van der Waals surface area contributed by atoms with Crippen molar-refractivity contribution in [3.05, 3.63) is 54.6 Å². The number of anilines is 1. The normalized spacial score (nSPS) is 10.6. The summed E-state index contributed by atoms with van der Waals surface area (Å²) in [6, 6.07) is 16.1. The van der Waals surface area contributed by atoms with Crippen LogP contribution in [0.4, 0.5) is 14.5 Å². The minimum atomic E-state index is -2.51. The highest BCUT2D eigenvalue weighted by molar-refractivity contribution is 8.00. The summed E-state index contributed by atoms with van der Waals surface area (Å²) < 4.78 is 24.9. The number of carbonyl (C=O) groups is 1. The Bertz CT molecular complexity index is 593. The van der Waals surface area contributed by atoms with Crippen LogP contribution >= 0.6 is 23.5 Å². The van der Waals surface area contributed by atoms with Crippen molar-refractivity contribution >= 4 is 35.1 Å². The number of halogens is 2. The number of para-hydroxylation sites is 1. The molecular formula is C15H13F2NOS2. The first kappa shape index (κ1) is 15.9. The van der Waals surface area contributed by atoms with Gasteiger partial charge in [-0.15, -0.1) is 11.8 Å². The highest BCUT2D eigenvalue weighted by atomic mass is 32.2. The van der Waals surface area contributed by atoms with E-state index in [4.69, 9.17) is 0 Å². The molecule has 0 bridgehead atoms. The molecule has 0 atom stereocenters. The molecule has 110 valence electrons. The third kappa shape index (κ3) is 5.40. The topological polar surface area (TPSA) is 29.1 Å². The van der Waals surface area contributed by atoms with Crippen LogP contribution in [0.3, 0.4) is 0 Å². The van der Waals surface area contributed by atoms with Crippen LogP contribution in [0.15, 0.2) is 64.4 Å². The molecule has 0 aromatic heterocycles. The van der Waals surface area contributed by atoms with Gasteiger partial charge >= 0.3 is 0 Å². The van der Waals surface area contributed by atoms with Crippen LogP contribution in [0.2, 0.25) is 0 Å². The zero-order valence-corrected chi connectivity index (χ0v) is 12.6. The Morgan fingerprint density at radius 1 is 1.05 bits per heavy atom. The summed E-state index contributed by atoms with van der Waals surface area (Å²) in [6.07, 6.45) is 0. The van der Waals surface area contributed by atoms with E-state index in [1.54, 1.807) is 24.3 Å². The minimum Gasteiger partial charge on any atom is -0.324 e. The van der Waals surface area contributed by atoms with Gasteiger partial charge in [-0.05, 0) is 24.3 Å². The van der Waals surface area contributed by atoms with Crippen LogP contribution in [-0.4, -0.2) is 17.4 Å². The van der Waals surface area contributed by atoms with E-state index in [-0.39, 0.29) is 11.7 Å². The first-order chi connectivity index (χ1) is 10.1. The van der Waals surface area contributed by atoms with E-state index in [0.29, 0.717) is 22.3 Å². The van der Waals surface area contributed by atoms with E-state index in [1.165, 1.54) is 11.8 Å². The molecule has 0 fully saturated rings. The smallest absolute Gasteiger partial charge is 0.288 e. The van der Waals surface area contributed by atoms with Crippen LogP contribution in [0.1, 0.15) is 0 Å². The summed E-state index contributed by atoms with van der Waals surface area (Å²) in [5.74, 6) is -2.49. The molecule has 1 N–H and O–H groups in total. The van der Waals surface area contributed by atoms with Crippen LogP contribution in [0, 0.1) is 0 Å². The lowest BCUT2D eigenvalue weighted by molar-refractivity contribution is -0.113. The van der Waals surface area contributed by atoms with Gasteiger partial charge in [0, 0.05) is 9.79 Å². The van der Waals surface area contributed by atoms with Crippen molar-refractivity contribution in [2.24, 2.45) is 0 Å². The standard InChI is InChI=1S/C15H13F2NOS2/c16-15(17)21-13-9-5-4-8-12(13)18-14(19)10-20-11-6-2-1-3-7-11/h1-9,15H,10H2,(H,18,19). The summed E-state index contributed by atoms with van der Waals surface area (Å²) in [4.78, 5) is 13.3. The van der Waals surface area contributed by atoms with Crippen molar-refractivity contribution in [1.29, 1.82) is 0 Å². The maximum atomic E-state index is 12.5. The van der Waals surface area contributed by atoms with Gasteiger partial charge in [-0.1, -0.05) is 42.1 Å². The Labute approximate surface area is 130 Å². The molecule has 0 aliphatic carbocycles. The highest BCUT2D eigenvalue weighted by Gasteiger charge is 2.11. The first-order valence-electron chi connectivity index (χ1n) is 6.16. The number of benzene rings is 2. The quantitative estimate of drug-likeness (QED) is 0.778. The summed E-state index contributed by atoms with van der Waals surface area (Å²) >= 11 is 1.83. The minimum absolute atomic E-state index is 0.217. The van der Waals surface area contributed by atoms with E-state index in [9.17, 15) is 13.6 Å². The fourth-order valence-corrected chi connectivity index (χ4v) is 2.94. The Morgan fingerprint density at radius 3 is 2.43 bits per heavy atom. The molecule has 0 saturated heterocycles. The number of carbonyl (C=O) groups excluding carboxylic acids is 1. The van der Waals surface area contributed by atoms with Crippen molar-refractivity contribution in [2.75, 3.05) is 11.1 Å². The average Bonchev–Trinajstić information content (AvgIpc) is 2.48. The van der Waals surface area contributed by atoms with Gasteiger partial charge in [0.2, 0.25) is 5.91 Å². The monoisotopic (exact) mass is 325 g/mol. The molecular weight excluding hydrogens is 312 g/mol. The summed E-state index contributed by atoms with van der Waals surface area (Å²) in [5.41, 5.74) is 0.418. The number of hydrogen-bond donors (Lipinski definition) is 1. The number of rotatable bonds is 6. The fraction of sp³-hybridized carbons (Fsp3) is 0.133. The zero-order valence-electron chi connectivity index (χ0n) is 11.0. The van der Waals surface area contributed by atoms with Gasteiger partial charge in [0.25, 0.3) is 5.76 Å². The summed E-state index contributed by atoms with van der Waals surface area (Å²) in [6.45, 7) is 0. The Morgan fingerprint density at radius 2 is 1.71 bits per heavy atom. The number of alkyl halides is 2. The van der Waals surface area contributed by atoms with Crippen molar-refractivity contribution in [2.45, 2.75) is 15.5 Å². The Kier molecular flexibility index (Phi) is 6.07. The van der Waals surface area contributed by atoms with Crippen molar-refractivity contribution in [3.8, 4) is 0 Å². The van der Waals surface area contributed by atoms with Gasteiger partial charge in [0.05, 0.1) is 11.4 Å². The average molecular weight is 325 g/mol. The molecule has 0 saturated carbocycles. The fourth-order valence-electron chi connectivity index (χ4n) is 1.62. The lowest BCUT2D eigenvalue weighted by atomic mass is 10.3. The second-order valence-corrected chi connectivity index (χ2v) is 6.11. The van der Waals surface area contributed by atoms with Crippen molar-refractivity contribution in [3.63, 3.8) is 0 Å². The lowest BCUT2D eigenvalue weighted by Crippen LogP contribution is -2.14. The van der Waals surface area contributed by atoms with Gasteiger partial charge in [-0.3, -0.25) is 4.79 Å². The molecule has 0 aliphatic heterocycles. The third-order valence-corrected chi connectivity index (χ3v) is 4.29. The molecule has 6 heteroatoms. The molecule has 0 radical (unpaired) electrons. The molecule has 2 nitrogen and oxygen atoms in total. The zero-order chi connectivity index (χ0) is 15.1. The van der Waals surface area contributed by atoms with Gasteiger partial charge < -0.3 is 5.32 Å². The molecule has 0 aliphatic rings. The molecule has 2 aromatic rings. The number of nitrogens with one attached hydrogen (secondary N) is 1. The molecule has 1 amide bonds. The van der Waals surface area contributed by atoms with Crippen molar-refractivity contribution < 1.29 is 13.6 Å². The van der Waals surface area contributed by atoms with Gasteiger partial charge in [-0.2, -0.15) is 8.78 Å². The Balaban J connectivity index is 1.93. The molecule has 0 heterocycles. The molecule has 2 rings (SSSR count). The third-order valence-electron chi connectivity index (χ3n) is 2.49. The molecule has 21 heavy (non-hydrogen) atoms. The number of thioether (sulfide) groups is 2. The molecule has 0 spiro atoms. The first-order valence-corrected chi connectivity index (χ1v) is 8.03. The van der Waals surface area contributed by atoms with Crippen LogP contribution < -0.4 is 5.32 Å². The van der Waals surface area contributed by atoms with Crippen LogP contribution in [0.5, 0.6) is 0 Å². The predicted octanol–water partition coefficient (Wildman–Crippen LogP) is 4.73. The van der Waals surface area contributed by atoms with E-state index in [0.717, 1.165) is 4.90 Å².